The van der Waals surface area contributed by atoms with Crippen molar-refractivity contribution in [1.82, 2.24) is 34.6 Å². The van der Waals surface area contributed by atoms with Gasteiger partial charge in [0.1, 0.15) is 11.7 Å². The van der Waals surface area contributed by atoms with Gasteiger partial charge in [0.2, 0.25) is 11.8 Å². The third-order valence-corrected chi connectivity index (χ3v) is 6.52. The molecular weight excluding hydrogens is 430 g/mol. The number of pyridine rings is 1. The molecule has 1 atom stereocenters. The van der Waals surface area contributed by atoms with E-state index in [4.69, 9.17) is 0 Å². The van der Waals surface area contributed by atoms with E-state index in [1.165, 1.54) is 6.08 Å². The molecule has 1 fully saturated rings. The van der Waals surface area contributed by atoms with E-state index in [-0.39, 0.29) is 11.8 Å². The molecule has 5 rings (SSSR count). The van der Waals surface area contributed by atoms with Gasteiger partial charge in [0.15, 0.2) is 0 Å². The first kappa shape index (κ1) is 21.8. The number of rotatable bonds is 7. The minimum Gasteiger partial charge on any atom is -0.343 e. The molecule has 9 heteroatoms. The highest BCUT2D eigenvalue weighted by molar-refractivity contribution is 5.97. The average Bonchev–Trinajstić information content (AvgIpc) is 3.61. The van der Waals surface area contributed by atoms with Crippen LogP contribution in [0, 0.1) is 0 Å². The zero-order valence-electron chi connectivity index (χ0n) is 19.1. The van der Waals surface area contributed by atoms with Gasteiger partial charge < -0.3 is 14.8 Å². The molecule has 4 aromatic heterocycles. The van der Waals surface area contributed by atoms with E-state index in [9.17, 15) is 9.59 Å². The summed E-state index contributed by atoms with van der Waals surface area (Å²) in [4.78, 5) is 36.7. The van der Waals surface area contributed by atoms with Gasteiger partial charge in [-0.25, -0.2) is 4.98 Å². The highest BCUT2D eigenvalue weighted by atomic mass is 16.2. The van der Waals surface area contributed by atoms with Crippen LogP contribution in [0.4, 0.5) is 0 Å². The molecule has 0 spiro atoms. The minimum absolute atomic E-state index is 0.00368. The van der Waals surface area contributed by atoms with Crippen molar-refractivity contribution < 1.29 is 9.59 Å². The van der Waals surface area contributed by atoms with Crippen LogP contribution in [-0.4, -0.2) is 72.1 Å². The van der Waals surface area contributed by atoms with Crippen molar-refractivity contribution in [3.63, 3.8) is 0 Å². The van der Waals surface area contributed by atoms with Crippen LogP contribution in [0.3, 0.4) is 0 Å². The quantitative estimate of drug-likeness (QED) is 0.430. The maximum atomic E-state index is 13.2. The van der Waals surface area contributed by atoms with E-state index in [2.05, 4.69) is 32.8 Å². The number of likely N-dealkylation sites (tertiary alicyclic amines) is 1. The lowest BCUT2D eigenvalue weighted by Gasteiger charge is -2.29. The van der Waals surface area contributed by atoms with Crippen molar-refractivity contribution in [2.45, 2.75) is 32.2 Å². The number of hydrogen-bond acceptors (Lipinski definition) is 5. The van der Waals surface area contributed by atoms with Crippen LogP contribution in [0.1, 0.15) is 25.5 Å². The molecule has 4 aromatic rings. The number of fused-ring (bicyclic) bond motifs is 2. The Hall–Kier alpha value is -4.01. The first-order chi connectivity index (χ1) is 16.6. The SMILES string of the molecule is C=CC(=O)N1CCC[C@H]1C(=O)N(CC)CCc1cc2c(-c3cnn4ncccc34)ccnc2[nH]1. The molecule has 0 unspecified atom stereocenters. The fourth-order valence-electron chi connectivity index (χ4n) is 4.79. The third kappa shape index (κ3) is 3.83. The van der Waals surface area contributed by atoms with Crippen LogP contribution in [0.25, 0.3) is 27.7 Å². The number of hydrogen-bond donors (Lipinski definition) is 1. The van der Waals surface area contributed by atoms with E-state index in [0.717, 1.165) is 39.8 Å². The molecule has 0 aromatic carbocycles. The fourth-order valence-corrected chi connectivity index (χ4v) is 4.79. The fraction of sp³-hybridized carbons (Fsp3) is 0.320. The molecule has 1 aliphatic rings. The van der Waals surface area contributed by atoms with Gasteiger partial charge in [0, 0.05) is 55.1 Å². The van der Waals surface area contributed by atoms with Crippen LogP contribution in [0.2, 0.25) is 0 Å². The van der Waals surface area contributed by atoms with Crippen LogP contribution >= 0.6 is 0 Å². The zero-order chi connectivity index (χ0) is 23.7. The monoisotopic (exact) mass is 457 g/mol. The van der Waals surface area contributed by atoms with Gasteiger partial charge in [-0.2, -0.15) is 14.8 Å². The second-order valence-electron chi connectivity index (χ2n) is 8.43. The molecule has 5 heterocycles. The van der Waals surface area contributed by atoms with Crippen molar-refractivity contribution in [3.05, 3.63) is 61.2 Å². The van der Waals surface area contributed by atoms with Gasteiger partial charge in [-0.1, -0.05) is 6.58 Å². The van der Waals surface area contributed by atoms with Crippen LogP contribution in [0.5, 0.6) is 0 Å². The number of aromatic nitrogens is 5. The Labute approximate surface area is 197 Å². The van der Waals surface area contributed by atoms with Gasteiger partial charge in [0.05, 0.1) is 11.7 Å². The molecular formula is C25H27N7O2. The maximum Gasteiger partial charge on any atom is 0.246 e. The smallest absolute Gasteiger partial charge is 0.246 e. The van der Waals surface area contributed by atoms with E-state index in [0.29, 0.717) is 32.5 Å². The Bertz CT molecular complexity index is 1370. The molecule has 0 bridgehead atoms. The lowest BCUT2D eigenvalue weighted by atomic mass is 10.1. The van der Waals surface area contributed by atoms with Crippen molar-refractivity contribution in [1.29, 1.82) is 0 Å². The molecule has 1 aliphatic heterocycles. The molecule has 34 heavy (non-hydrogen) atoms. The van der Waals surface area contributed by atoms with E-state index < -0.39 is 6.04 Å². The van der Waals surface area contributed by atoms with E-state index >= 15 is 0 Å². The van der Waals surface area contributed by atoms with Gasteiger partial charge in [-0.15, -0.1) is 0 Å². The lowest BCUT2D eigenvalue weighted by Crippen LogP contribution is -2.47. The first-order valence-electron chi connectivity index (χ1n) is 11.6. The summed E-state index contributed by atoms with van der Waals surface area (Å²) in [5.74, 6) is -0.173. The molecule has 0 radical (unpaired) electrons. The topological polar surface area (TPSA) is 99.5 Å². The number of nitrogens with one attached hydrogen (secondary N) is 1. The Kier molecular flexibility index (Phi) is 5.83. The third-order valence-electron chi connectivity index (χ3n) is 6.52. The number of likely N-dealkylation sites (N-methyl/N-ethyl adjacent to an activating group) is 1. The minimum atomic E-state index is -0.398. The Morgan fingerprint density at radius 2 is 2.15 bits per heavy atom. The highest BCUT2D eigenvalue weighted by Gasteiger charge is 2.35. The molecule has 0 aliphatic carbocycles. The molecule has 1 saturated heterocycles. The predicted octanol–water partition coefficient (Wildman–Crippen LogP) is 2.84. The summed E-state index contributed by atoms with van der Waals surface area (Å²) < 4.78 is 1.61. The number of nitrogens with zero attached hydrogens (tertiary/aromatic N) is 6. The summed E-state index contributed by atoms with van der Waals surface area (Å²) in [5.41, 5.74) is 4.74. The van der Waals surface area contributed by atoms with E-state index in [1.54, 1.807) is 21.9 Å². The first-order valence-corrected chi connectivity index (χ1v) is 11.6. The average molecular weight is 458 g/mol. The number of aromatic amines is 1. The summed E-state index contributed by atoms with van der Waals surface area (Å²) in [5, 5.41) is 9.62. The molecule has 0 saturated carbocycles. The number of H-pyrrole nitrogens is 1. The molecule has 2 amide bonds. The van der Waals surface area contributed by atoms with Gasteiger partial charge in [-0.05, 0) is 55.7 Å². The second kappa shape index (κ2) is 9.09. The van der Waals surface area contributed by atoms with Crippen molar-refractivity contribution >= 4 is 28.4 Å². The van der Waals surface area contributed by atoms with Crippen molar-refractivity contribution in [3.8, 4) is 11.1 Å². The molecule has 9 nitrogen and oxygen atoms in total. The Morgan fingerprint density at radius 3 is 2.97 bits per heavy atom. The van der Waals surface area contributed by atoms with Gasteiger partial charge >= 0.3 is 0 Å². The molecule has 174 valence electrons. The summed E-state index contributed by atoms with van der Waals surface area (Å²) in [6.45, 7) is 7.29. The highest BCUT2D eigenvalue weighted by Crippen LogP contribution is 2.31. The normalized spacial score (nSPS) is 15.8. The number of carbonyl (C=O) groups excluding carboxylic acids is 2. The molecule has 1 N–H and O–H groups in total. The zero-order valence-corrected chi connectivity index (χ0v) is 19.1. The van der Waals surface area contributed by atoms with Crippen LogP contribution in [0.15, 0.2) is 55.5 Å². The second-order valence-corrected chi connectivity index (χ2v) is 8.43. The number of carbonyl (C=O) groups is 2. The Balaban J connectivity index is 1.36. The summed E-state index contributed by atoms with van der Waals surface area (Å²) in [6, 6.07) is 7.57. The number of amides is 2. The standard InChI is InChI=1S/C25H27N7O2/c1-3-23(33)31-13-6-8-22(31)25(34)30(4-2)14-10-17-15-19-18(9-12-26-24(19)29-17)20-16-28-32-21(20)7-5-11-27-32/h3,5,7,9,11-12,15-16,22H,1,4,6,8,10,13-14H2,2H3,(H,26,29)/t22-/m0/s1. The van der Waals surface area contributed by atoms with Gasteiger partial charge in [-0.3, -0.25) is 9.59 Å². The largest absolute Gasteiger partial charge is 0.343 e. The van der Waals surface area contributed by atoms with Crippen LogP contribution in [-0.2, 0) is 16.0 Å². The van der Waals surface area contributed by atoms with Gasteiger partial charge in [0.25, 0.3) is 0 Å². The lowest BCUT2D eigenvalue weighted by molar-refractivity contribution is -0.141. The predicted molar refractivity (Wildman–Crippen MR) is 129 cm³/mol. The summed E-state index contributed by atoms with van der Waals surface area (Å²) in [7, 11) is 0. The van der Waals surface area contributed by atoms with E-state index in [1.807, 2.05) is 36.2 Å². The summed E-state index contributed by atoms with van der Waals surface area (Å²) >= 11 is 0. The van der Waals surface area contributed by atoms with Crippen molar-refractivity contribution in [2.24, 2.45) is 0 Å². The van der Waals surface area contributed by atoms with Crippen molar-refractivity contribution in [2.75, 3.05) is 19.6 Å². The summed E-state index contributed by atoms with van der Waals surface area (Å²) in [6.07, 6.45) is 8.79. The maximum absolute atomic E-state index is 13.2. The van der Waals surface area contributed by atoms with Crippen LogP contribution < -0.4 is 0 Å². The Morgan fingerprint density at radius 1 is 1.26 bits per heavy atom.